The standard InChI is InChI=1S/C14H19N3O4/c1-14(2,3)7-10(18)8-15-13-16-11-5-4-9(17(19)20)6-12(11)21-13/h4-6,10,18H,7-8H2,1-3H3,(H,15,16). The summed E-state index contributed by atoms with van der Waals surface area (Å²) in [6.07, 6.45) is 0.125. The molecule has 0 aliphatic rings. The Morgan fingerprint density at radius 2 is 2.19 bits per heavy atom. The number of aromatic nitrogens is 1. The molecule has 0 amide bonds. The molecule has 0 fully saturated rings. The van der Waals surface area contributed by atoms with E-state index >= 15 is 0 Å². The van der Waals surface area contributed by atoms with E-state index in [0.29, 0.717) is 24.1 Å². The lowest BCUT2D eigenvalue weighted by Crippen LogP contribution is -2.25. The molecule has 7 heteroatoms. The Bertz CT molecular complexity index is 645. The monoisotopic (exact) mass is 293 g/mol. The minimum absolute atomic E-state index is 0.0308. The van der Waals surface area contributed by atoms with Gasteiger partial charge in [-0.1, -0.05) is 20.8 Å². The van der Waals surface area contributed by atoms with Gasteiger partial charge in [-0.2, -0.15) is 4.98 Å². The van der Waals surface area contributed by atoms with Crippen LogP contribution in [0.3, 0.4) is 0 Å². The molecule has 2 aromatic rings. The largest absolute Gasteiger partial charge is 0.423 e. The second kappa shape index (κ2) is 5.69. The Balaban J connectivity index is 2.04. The number of hydrogen-bond acceptors (Lipinski definition) is 6. The third kappa shape index (κ3) is 4.16. The first-order chi connectivity index (χ1) is 9.74. The van der Waals surface area contributed by atoms with E-state index in [1.165, 1.54) is 18.2 Å². The number of nitrogens with zero attached hydrogens (tertiary/aromatic N) is 2. The number of hydrogen-bond donors (Lipinski definition) is 2. The number of nitro groups is 1. The van der Waals surface area contributed by atoms with Gasteiger partial charge in [-0.05, 0) is 17.9 Å². The number of nitrogens with one attached hydrogen (secondary N) is 1. The second-order valence-corrected chi connectivity index (χ2v) is 6.23. The molecule has 0 saturated heterocycles. The van der Waals surface area contributed by atoms with Crippen LogP contribution in [-0.4, -0.2) is 27.7 Å². The average molecular weight is 293 g/mol. The summed E-state index contributed by atoms with van der Waals surface area (Å²) in [5, 5.41) is 23.5. The number of fused-ring (bicyclic) bond motifs is 1. The number of benzene rings is 1. The molecule has 1 aromatic heterocycles. The van der Waals surface area contributed by atoms with Gasteiger partial charge in [-0.15, -0.1) is 0 Å². The number of anilines is 1. The summed E-state index contributed by atoms with van der Waals surface area (Å²) in [4.78, 5) is 14.4. The fourth-order valence-electron chi connectivity index (χ4n) is 2.09. The topological polar surface area (TPSA) is 101 Å². The van der Waals surface area contributed by atoms with Crippen molar-refractivity contribution in [2.24, 2.45) is 5.41 Å². The van der Waals surface area contributed by atoms with Gasteiger partial charge < -0.3 is 14.8 Å². The summed E-state index contributed by atoms with van der Waals surface area (Å²) >= 11 is 0. The molecular formula is C14H19N3O4. The van der Waals surface area contributed by atoms with Crippen LogP contribution in [0.4, 0.5) is 11.7 Å². The average Bonchev–Trinajstić information content (AvgIpc) is 2.75. The molecule has 1 aromatic carbocycles. The van der Waals surface area contributed by atoms with E-state index in [-0.39, 0.29) is 17.1 Å². The number of oxazole rings is 1. The highest BCUT2D eigenvalue weighted by molar-refractivity contribution is 5.77. The Labute approximate surface area is 122 Å². The van der Waals surface area contributed by atoms with Gasteiger partial charge in [0, 0.05) is 12.6 Å². The van der Waals surface area contributed by atoms with E-state index < -0.39 is 11.0 Å². The van der Waals surface area contributed by atoms with Gasteiger partial charge in [0.1, 0.15) is 5.52 Å². The van der Waals surface area contributed by atoms with Crippen LogP contribution in [0.1, 0.15) is 27.2 Å². The maximum atomic E-state index is 10.7. The summed E-state index contributed by atoms with van der Waals surface area (Å²) in [5.74, 6) is 0. The molecule has 114 valence electrons. The Hall–Kier alpha value is -2.15. The van der Waals surface area contributed by atoms with E-state index in [9.17, 15) is 15.2 Å². The smallest absolute Gasteiger partial charge is 0.295 e. The highest BCUT2D eigenvalue weighted by Crippen LogP contribution is 2.24. The van der Waals surface area contributed by atoms with Crippen LogP contribution in [0.25, 0.3) is 11.1 Å². The maximum Gasteiger partial charge on any atom is 0.295 e. The molecule has 0 radical (unpaired) electrons. The zero-order valence-electron chi connectivity index (χ0n) is 12.3. The summed E-state index contributed by atoms with van der Waals surface area (Å²) in [5.41, 5.74) is 0.867. The number of aliphatic hydroxyl groups excluding tert-OH is 1. The van der Waals surface area contributed by atoms with Crippen LogP contribution < -0.4 is 5.32 Å². The minimum Gasteiger partial charge on any atom is -0.423 e. The lowest BCUT2D eigenvalue weighted by Gasteiger charge is -2.22. The summed E-state index contributed by atoms with van der Waals surface area (Å²) in [6, 6.07) is 4.49. The lowest BCUT2D eigenvalue weighted by molar-refractivity contribution is -0.384. The van der Waals surface area contributed by atoms with Crippen molar-refractivity contribution in [2.45, 2.75) is 33.3 Å². The third-order valence-corrected chi connectivity index (χ3v) is 2.92. The molecule has 2 N–H and O–H groups in total. The SMILES string of the molecule is CC(C)(C)CC(O)CNc1nc2ccc([N+](=O)[O-])cc2o1. The highest BCUT2D eigenvalue weighted by Gasteiger charge is 2.17. The van der Waals surface area contributed by atoms with Crippen LogP contribution in [0, 0.1) is 15.5 Å². The molecular weight excluding hydrogens is 274 g/mol. The van der Waals surface area contributed by atoms with Crippen molar-refractivity contribution in [2.75, 3.05) is 11.9 Å². The molecule has 2 rings (SSSR count). The van der Waals surface area contributed by atoms with Gasteiger partial charge in [-0.25, -0.2) is 0 Å². The van der Waals surface area contributed by atoms with Crippen molar-refractivity contribution in [3.8, 4) is 0 Å². The third-order valence-electron chi connectivity index (χ3n) is 2.92. The summed E-state index contributed by atoms with van der Waals surface area (Å²) < 4.78 is 5.40. The van der Waals surface area contributed by atoms with Gasteiger partial charge in [0.25, 0.3) is 11.7 Å². The van der Waals surface area contributed by atoms with E-state index in [1.807, 2.05) is 0 Å². The molecule has 0 saturated carbocycles. The molecule has 1 heterocycles. The van der Waals surface area contributed by atoms with Crippen LogP contribution >= 0.6 is 0 Å². The van der Waals surface area contributed by atoms with Crippen molar-refractivity contribution in [1.82, 2.24) is 4.98 Å². The van der Waals surface area contributed by atoms with Crippen LogP contribution in [0.5, 0.6) is 0 Å². The fourth-order valence-corrected chi connectivity index (χ4v) is 2.09. The Morgan fingerprint density at radius 1 is 1.48 bits per heavy atom. The Kier molecular flexibility index (Phi) is 4.13. The van der Waals surface area contributed by atoms with E-state index in [2.05, 4.69) is 31.1 Å². The minimum atomic E-state index is -0.519. The normalized spacial score (nSPS) is 13.3. The van der Waals surface area contributed by atoms with Crippen LogP contribution in [-0.2, 0) is 0 Å². The molecule has 1 atom stereocenters. The van der Waals surface area contributed by atoms with Crippen LogP contribution in [0.2, 0.25) is 0 Å². The molecule has 21 heavy (non-hydrogen) atoms. The first kappa shape index (κ1) is 15.2. The van der Waals surface area contributed by atoms with E-state index in [1.54, 1.807) is 0 Å². The first-order valence-corrected chi connectivity index (χ1v) is 6.71. The first-order valence-electron chi connectivity index (χ1n) is 6.71. The van der Waals surface area contributed by atoms with Gasteiger partial charge in [0.2, 0.25) is 0 Å². The highest BCUT2D eigenvalue weighted by atomic mass is 16.6. The van der Waals surface area contributed by atoms with E-state index in [0.717, 1.165) is 0 Å². The zero-order chi connectivity index (χ0) is 15.6. The number of nitro benzene ring substituents is 1. The summed E-state index contributed by atoms with van der Waals surface area (Å²) in [7, 11) is 0. The second-order valence-electron chi connectivity index (χ2n) is 6.23. The van der Waals surface area contributed by atoms with E-state index in [4.69, 9.17) is 4.42 Å². The van der Waals surface area contributed by atoms with Crippen molar-refractivity contribution in [1.29, 1.82) is 0 Å². The number of rotatable bonds is 5. The lowest BCUT2D eigenvalue weighted by atomic mass is 9.89. The van der Waals surface area contributed by atoms with Crippen molar-refractivity contribution in [3.63, 3.8) is 0 Å². The fraction of sp³-hybridized carbons (Fsp3) is 0.500. The molecule has 0 bridgehead atoms. The van der Waals surface area contributed by atoms with Crippen LogP contribution in [0.15, 0.2) is 22.6 Å². The van der Waals surface area contributed by atoms with Gasteiger partial charge >= 0.3 is 0 Å². The predicted molar refractivity (Wildman–Crippen MR) is 79.2 cm³/mol. The molecule has 7 nitrogen and oxygen atoms in total. The molecule has 0 aliphatic carbocycles. The zero-order valence-corrected chi connectivity index (χ0v) is 12.3. The van der Waals surface area contributed by atoms with Gasteiger partial charge in [0.05, 0.1) is 17.1 Å². The maximum absolute atomic E-state index is 10.7. The molecule has 0 spiro atoms. The van der Waals surface area contributed by atoms with Gasteiger partial charge in [-0.3, -0.25) is 10.1 Å². The van der Waals surface area contributed by atoms with Crippen molar-refractivity contribution < 1.29 is 14.4 Å². The van der Waals surface area contributed by atoms with Crippen molar-refractivity contribution in [3.05, 3.63) is 28.3 Å². The van der Waals surface area contributed by atoms with Crippen molar-refractivity contribution >= 4 is 22.8 Å². The van der Waals surface area contributed by atoms with Gasteiger partial charge in [0.15, 0.2) is 5.58 Å². The Morgan fingerprint density at radius 3 is 2.81 bits per heavy atom. The predicted octanol–water partition coefficient (Wildman–Crippen LogP) is 2.95. The summed E-state index contributed by atoms with van der Waals surface area (Å²) in [6.45, 7) is 6.46. The number of aliphatic hydroxyl groups is 1. The quantitative estimate of drug-likeness (QED) is 0.649. The molecule has 1 unspecified atom stereocenters. The molecule has 0 aliphatic heterocycles. The number of non-ortho nitro benzene ring substituents is 1.